The zero-order valence-electron chi connectivity index (χ0n) is 10.6. The maximum atomic E-state index is 13.2. The molecule has 0 fully saturated rings. The third-order valence-electron chi connectivity index (χ3n) is 2.47. The van der Waals surface area contributed by atoms with Gasteiger partial charge in [-0.25, -0.2) is 4.39 Å². The van der Waals surface area contributed by atoms with Gasteiger partial charge in [-0.3, -0.25) is 0 Å². The molecule has 0 saturated heterocycles. The van der Waals surface area contributed by atoms with Gasteiger partial charge in [-0.2, -0.15) is 13.2 Å². The molecule has 0 aliphatic rings. The van der Waals surface area contributed by atoms with Crippen molar-refractivity contribution in [2.45, 2.75) is 12.2 Å². The molecule has 3 nitrogen and oxygen atoms in total. The highest BCUT2D eigenvalue weighted by Crippen LogP contribution is 2.26. The average Bonchev–Trinajstić information content (AvgIpc) is 2.33. The van der Waals surface area contributed by atoms with E-state index in [0.717, 1.165) is 0 Å². The Bertz CT molecular complexity index is 409. The first-order valence-corrected chi connectivity index (χ1v) is 5.52. The lowest BCUT2D eigenvalue weighted by Crippen LogP contribution is -2.26. The molecule has 1 aromatic carbocycles. The molecule has 1 atom stereocenters. The summed E-state index contributed by atoms with van der Waals surface area (Å²) >= 11 is 0. The molecule has 1 rings (SSSR count). The van der Waals surface area contributed by atoms with Crippen molar-refractivity contribution in [3.05, 3.63) is 29.6 Å². The lowest BCUT2D eigenvalue weighted by Gasteiger charge is -2.20. The van der Waals surface area contributed by atoms with Gasteiger partial charge in [0.2, 0.25) is 0 Å². The molecule has 19 heavy (non-hydrogen) atoms. The lowest BCUT2D eigenvalue weighted by molar-refractivity contribution is -0.175. The summed E-state index contributed by atoms with van der Waals surface area (Å²) < 4.78 is 58.8. The number of halogens is 4. The molecule has 108 valence electrons. The third kappa shape index (κ3) is 5.04. The predicted octanol–water partition coefficient (Wildman–Crippen LogP) is 2.67. The minimum Gasteiger partial charge on any atom is -0.496 e. The number of alkyl halides is 3. The molecular weight excluding hydrogens is 266 g/mol. The Morgan fingerprint density at radius 1 is 1.32 bits per heavy atom. The summed E-state index contributed by atoms with van der Waals surface area (Å²) in [6.07, 6.45) is -4.38. The summed E-state index contributed by atoms with van der Waals surface area (Å²) in [5, 5.41) is 2.77. The molecule has 0 aromatic heterocycles. The van der Waals surface area contributed by atoms with Gasteiger partial charge >= 0.3 is 6.18 Å². The molecule has 0 spiro atoms. The van der Waals surface area contributed by atoms with Gasteiger partial charge in [0, 0.05) is 5.56 Å². The van der Waals surface area contributed by atoms with Gasteiger partial charge in [-0.15, -0.1) is 0 Å². The van der Waals surface area contributed by atoms with Crippen LogP contribution < -0.4 is 10.1 Å². The maximum Gasteiger partial charge on any atom is 0.411 e. The number of nitrogens with one attached hydrogen (secondary N) is 1. The van der Waals surface area contributed by atoms with Gasteiger partial charge in [-0.1, -0.05) is 0 Å². The second-order valence-corrected chi connectivity index (χ2v) is 3.86. The topological polar surface area (TPSA) is 30.5 Å². The van der Waals surface area contributed by atoms with E-state index in [9.17, 15) is 17.6 Å². The van der Waals surface area contributed by atoms with Crippen LogP contribution >= 0.6 is 0 Å². The minimum atomic E-state index is -4.38. The fourth-order valence-corrected chi connectivity index (χ4v) is 1.60. The van der Waals surface area contributed by atoms with Crippen molar-refractivity contribution in [1.82, 2.24) is 5.32 Å². The lowest BCUT2D eigenvalue weighted by atomic mass is 10.1. The van der Waals surface area contributed by atoms with Gasteiger partial charge in [-0.05, 0) is 25.2 Å². The number of ether oxygens (including phenoxy) is 2. The van der Waals surface area contributed by atoms with Crippen LogP contribution in [0.1, 0.15) is 11.6 Å². The summed E-state index contributed by atoms with van der Waals surface area (Å²) in [5.41, 5.74) is 0.409. The van der Waals surface area contributed by atoms with E-state index in [2.05, 4.69) is 10.1 Å². The first kappa shape index (κ1) is 15.7. The summed E-state index contributed by atoms with van der Waals surface area (Å²) in [7, 11) is 2.95. The number of likely N-dealkylation sites (N-methyl/N-ethyl adjacent to an activating group) is 1. The summed E-state index contributed by atoms with van der Waals surface area (Å²) in [6, 6.07) is 3.24. The molecule has 0 saturated carbocycles. The quantitative estimate of drug-likeness (QED) is 0.813. The number of benzene rings is 1. The first-order chi connectivity index (χ1) is 8.87. The van der Waals surface area contributed by atoms with Gasteiger partial charge in [0.05, 0.1) is 19.8 Å². The Kier molecular flexibility index (Phi) is 5.56. The summed E-state index contributed by atoms with van der Waals surface area (Å²) in [4.78, 5) is 0. The molecule has 0 heterocycles. The fraction of sp³-hybridized carbons (Fsp3) is 0.500. The van der Waals surface area contributed by atoms with E-state index in [1.165, 1.54) is 25.3 Å². The highest BCUT2D eigenvalue weighted by molar-refractivity contribution is 5.36. The van der Waals surface area contributed by atoms with E-state index in [1.807, 2.05) is 0 Å². The first-order valence-electron chi connectivity index (χ1n) is 5.52. The van der Waals surface area contributed by atoms with Crippen molar-refractivity contribution in [2.75, 3.05) is 27.4 Å². The normalized spacial score (nSPS) is 13.4. The third-order valence-corrected chi connectivity index (χ3v) is 2.47. The van der Waals surface area contributed by atoms with E-state index in [0.29, 0.717) is 11.3 Å². The van der Waals surface area contributed by atoms with Crippen molar-refractivity contribution < 1.29 is 27.0 Å². The minimum absolute atomic E-state index is 0.240. The van der Waals surface area contributed by atoms with E-state index in [-0.39, 0.29) is 6.61 Å². The molecule has 0 bridgehead atoms. The summed E-state index contributed by atoms with van der Waals surface area (Å²) in [5.74, 6) is -0.108. The largest absolute Gasteiger partial charge is 0.496 e. The summed E-state index contributed by atoms with van der Waals surface area (Å²) in [6.45, 7) is -1.58. The standard InChI is InChI=1S/C12H15F4NO2/c1-17-10(6-19-7-12(14,15)16)9-5-8(13)3-4-11(9)18-2/h3-5,10,17H,6-7H2,1-2H3. The van der Waals surface area contributed by atoms with Gasteiger partial charge in [0.25, 0.3) is 0 Å². The van der Waals surface area contributed by atoms with Crippen LogP contribution in [0.4, 0.5) is 17.6 Å². The second-order valence-electron chi connectivity index (χ2n) is 3.86. The molecule has 0 radical (unpaired) electrons. The molecule has 0 aliphatic heterocycles. The molecule has 7 heteroatoms. The zero-order valence-corrected chi connectivity index (χ0v) is 10.6. The fourth-order valence-electron chi connectivity index (χ4n) is 1.60. The predicted molar refractivity (Wildman–Crippen MR) is 61.6 cm³/mol. The van der Waals surface area contributed by atoms with Crippen molar-refractivity contribution in [2.24, 2.45) is 0 Å². The molecule has 1 N–H and O–H groups in total. The van der Waals surface area contributed by atoms with E-state index in [4.69, 9.17) is 4.74 Å². The Morgan fingerprint density at radius 3 is 2.53 bits per heavy atom. The van der Waals surface area contributed by atoms with E-state index >= 15 is 0 Å². The SMILES string of the molecule is CNC(COCC(F)(F)F)c1cc(F)ccc1OC. The van der Waals surface area contributed by atoms with Crippen LogP contribution in [0.25, 0.3) is 0 Å². The van der Waals surface area contributed by atoms with Crippen LogP contribution in [-0.4, -0.2) is 33.5 Å². The van der Waals surface area contributed by atoms with Crippen molar-refractivity contribution >= 4 is 0 Å². The molecule has 0 amide bonds. The molecule has 0 aliphatic carbocycles. The van der Waals surface area contributed by atoms with Crippen LogP contribution in [0.15, 0.2) is 18.2 Å². The van der Waals surface area contributed by atoms with Crippen molar-refractivity contribution in [1.29, 1.82) is 0 Å². The Morgan fingerprint density at radius 2 is 2.00 bits per heavy atom. The molecular formula is C12H15F4NO2. The van der Waals surface area contributed by atoms with E-state index in [1.54, 1.807) is 7.05 Å². The van der Waals surface area contributed by atoms with Crippen LogP contribution in [0, 0.1) is 5.82 Å². The number of rotatable bonds is 6. The Labute approximate surface area is 108 Å². The molecule has 1 aromatic rings. The average molecular weight is 281 g/mol. The van der Waals surface area contributed by atoms with Gasteiger partial charge in [0.1, 0.15) is 18.2 Å². The van der Waals surface area contributed by atoms with Crippen molar-refractivity contribution in [3.8, 4) is 5.75 Å². The number of methoxy groups -OCH3 is 1. The highest BCUT2D eigenvalue weighted by Gasteiger charge is 2.28. The van der Waals surface area contributed by atoms with Crippen LogP contribution in [0.5, 0.6) is 5.75 Å². The second kappa shape index (κ2) is 6.72. The number of hydrogen-bond acceptors (Lipinski definition) is 3. The maximum absolute atomic E-state index is 13.2. The van der Waals surface area contributed by atoms with Crippen molar-refractivity contribution in [3.63, 3.8) is 0 Å². The van der Waals surface area contributed by atoms with Crippen LogP contribution in [0.3, 0.4) is 0 Å². The smallest absolute Gasteiger partial charge is 0.411 e. The number of hydrogen-bond donors (Lipinski definition) is 1. The van der Waals surface area contributed by atoms with Gasteiger partial charge < -0.3 is 14.8 Å². The highest BCUT2D eigenvalue weighted by atomic mass is 19.4. The van der Waals surface area contributed by atoms with Gasteiger partial charge in [0.15, 0.2) is 0 Å². The Hall–Kier alpha value is -1.34. The monoisotopic (exact) mass is 281 g/mol. The van der Waals surface area contributed by atoms with Crippen LogP contribution in [-0.2, 0) is 4.74 Å². The Balaban J connectivity index is 2.76. The van der Waals surface area contributed by atoms with E-state index < -0.39 is 24.6 Å². The zero-order chi connectivity index (χ0) is 14.5. The molecule has 1 unspecified atom stereocenters. The van der Waals surface area contributed by atoms with Crippen LogP contribution in [0.2, 0.25) is 0 Å².